The Morgan fingerprint density at radius 1 is 1.25 bits per heavy atom. The number of alkyl halides is 3. The third kappa shape index (κ3) is 5.17. The van der Waals surface area contributed by atoms with Crippen molar-refractivity contribution in [3.63, 3.8) is 0 Å². The summed E-state index contributed by atoms with van der Waals surface area (Å²) in [6.07, 6.45) is -4.43. The predicted octanol–water partition coefficient (Wildman–Crippen LogP) is 4.36. The van der Waals surface area contributed by atoms with Crippen LogP contribution in [0.4, 0.5) is 30.4 Å². The van der Waals surface area contributed by atoms with Gasteiger partial charge in [0.2, 0.25) is 5.91 Å². The minimum Gasteiger partial charge on any atom is -0.493 e. The Morgan fingerprint density at radius 3 is 2.59 bits per heavy atom. The van der Waals surface area contributed by atoms with Gasteiger partial charge in [-0.15, -0.1) is 0 Å². The van der Waals surface area contributed by atoms with E-state index in [-0.39, 0.29) is 29.4 Å². The number of rotatable bonds is 7. The molecule has 1 aromatic heterocycles. The van der Waals surface area contributed by atoms with E-state index >= 15 is 0 Å². The molecule has 1 aliphatic heterocycles. The molecule has 0 unspecified atom stereocenters. The zero-order valence-electron chi connectivity index (χ0n) is 18.6. The number of hydrogen-bond acceptors (Lipinski definition) is 6. The zero-order valence-corrected chi connectivity index (χ0v) is 18.6. The number of pyridine rings is 1. The Kier molecular flexibility index (Phi) is 6.71. The molecule has 32 heavy (non-hydrogen) atoms. The summed E-state index contributed by atoms with van der Waals surface area (Å²) in [5, 5.41) is 6.18. The molecule has 2 heterocycles. The summed E-state index contributed by atoms with van der Waals surface area (Å²) in [5.41, 5.74) is 3.01. The maximum absolute atomic E-state index is 12.5. The average Bonchev–Trinajstić information content (AvgIpc) is 2.71. The van der Waals surface area contributed by atoms with Gasteiger partial charge in [-0.1, -0.05) is 19.9 Å². The van der Waals surface area contributed by atoms with E-state index < -0.39 is 12.8 Å². The molecule has 1 aliphatic rings. The Balaban J connectivity index is 1.76. The lowest BCUT2D eigenvalue weighted by Gasteiger charge is -2.38. The number of ether oxygens (including phenoxy) is 2. The number of halogens is 3. The van der Waals surface area contributed by atoms with Crippen LogP contribution in [0, 0.1) is 12.8 Å². The van der Waals surface area contributed by atoms with E-state index in [9.17, 15) is 18.0 Å². The second-order valence-electron chi connectivity index (χ2n) is 8.02. The molecular formula is C22H27F3N4O3. The number of methoxy groups -OCH3 is 1. The van der Waals surface area contributed by atoms with Crippen LogP contribution < -0.4 is 25.0 Å². The Labute approximate surface area is 184 Å². The Hall–Kier alpha value is -3.17. The van der Waals surface area contributed by atoms with Crippen molar-refractivity contribution in [1.82, 2.24) is 4.98 Å². The average molecular weight is 452 g/mol. The lowest BCUT2D eigenvalue weighted by molar-refractivity contribution is -0.153. The van der Waals surface area contributed by atoms with Gasteiger partial charge in [-0.25, -0.2) is 4.98 Å². The van der Waals surface area contributed by atoms with Gasteiger partial charge in [0.15, 0.2) is 18.1 Å². The van der Waals surface area contributed by atoms with Gasteiger partial charge in [0, 0.05) is 19.7 Å². The number of hydrogen-bond donors (Lipinski definition) is 2. The molecule has 3 rings (SSSR count). The second kappa shape index (κ2) is 9.13. The third-order valence-corrected chi connectivity index (χ3v) is 5.22. The molecule has 0 saturated carbocycles. The molecule has 1 aromatic carbocycles. The van der Waals surface area contributed by atoms with Gasteiger partial charge < -0.3 is 25.0 Å². The van der Waals surface area contributed by atoms with Crippen LogP contribution in [0.5, 0.6) is 11.5 Å². The first-order valence-electron chi connectivity index (χ1n) is 10.2. The van der Waals surface area contributed by atoms with Gasteiger partial charge in [0.25, 0.3) is 0 Å². The topological polar surface area (TPSA) is 75.7 Å². The van der Waals surface area contributed by atoms with Crippen LogP contribution >= 0.6 is 0 Å². The highest BCUT2D eigenvalue weighted by Gasteiger charge is 2.34. The zero-order chi connectivity index (χ0) is 23.6. The first-order valence-corrected chi connectivity index (χ1v) is 10.2. The molecule has 1 atom stereocenters. The van der Waals surface area contributed by atoms with E-state index in [0.29, 0.717) is 23.7 Å². The van der Waals surface area contributed by atoms with Crippen LogP contribution in [0.15, 0.2) is 24.3 Å². The van der Waals surface area contributed by atoms with E-state index in [1.807, 2.05) is 38.8 Å². The normalized spacial score (nSPS) is 16.0. The molecule has 0 fully saturated rings. The fraction of sp³-hybridized carbons (Fsp3) is 0.455. The van der Waals surface area contributed by atoms with Crippen LogP contribution in [0.2, 0.25) is 0 Å². The van der Waals surface area contributed by atoms with Crippen LogP contribution in [-0.2, 0) is 11.3 Å². The highest BCUT2D eigenvalue weighted by Crippen LogP contribution is 2.37. The molecule has 174 valence electrons. The minimum atomic E-state index is -4.43. The van der Waals surface area contributed by atoms with Gasteiger partial charge in [-0.3, -0.25) is 4.79 Å². The van der Waals surface area contributed by atoms with Crippen LogP contribution in [-0.4, -0.2) is 43.9 Å². The Morgan fingerprint density at radius 2 is 1.97 bits per heavy atom. The maximum Gasteiger partial charge on any atom is 0.422 e. The van der Waals surface area contributed by atoms with E-state index in [1.54, 1.807) is 12.1 Å². The number of nitrogens with one attached hydrogen (secondary N) is 2. The number of fused-ring (bicyclic) bond motifs is 1. The smallest absolute Gasteiger partial charge is 0.422 e. The molecule has 1 amide bonds. The van der Waals surface area contributed by atoms with Crippen molar-refractivity contribution in [2.45, 2.75) is 39.5 Å². The summed E-state index contributed by atoms with van der Waals surface area (Å²) in [5.74, 6) is 0.922. The fourth-order valence-corrected chi connectivity index (χ4v) is 3.75. The maximum atomic E-state index is 12.5. The van der Waals surface area contributed by atoms with Crippen molar-refractivity contribution < 1.29 is 27.4 Å². The quantitative estimate of drug-likeness (QED) is 0.650. The number of aromatic nitrogens is 1. The van der Waals surface area contributed by atoms with Crippen molar-refractivity contribution in [2.24, 2.45) is 5.92 Å². The van der Waals surface area contributed by atoms with E-state index in [1.165, 1.54) is 13.2 Å². The fourth-order valence-electron chi connectivity index (χ4n) is 3.75. The van der Waals surface area contributed by atoms with Gasteiger partial charge in [-0.05, 0) is 30.5 Å². The molecular weight excluding hydrogens is 425 g/mol. The Bertz CT molecular complexity index is 995. The molecule has 0 spiro atoms. The second-order valence-corrected chi connectivity index (χ2v) is 8.02. The third-order valence-electron chi connectivity index (χ3n) is 5.22. The van der Waals surface area contributed by atoms with E-state index in [4.69, 9.17) is 9.47 Å². The summed E-state index contributed by atoms with van der Waals surface area (Å²) in [6, 6.07) is 6.31. The highest BCUT2D eigenvalue weighted by atomic mass is 19.4. The van der Waals surface area contributed by atoms with Crippen LogP contribution in [0.25, 0.3) is 0 Å². The largest absolute Gasteiger partial charge is 0.493 e. The molecule has 7 nitrogen and oxygen atoms in total. The van der Waals surface area contributed by atoms with E-state index in [2.05, 4.69) is 15.6 Å². The molecule has 2 aromatic rings. The summed E-state index contributed by atoms with van der Waals surface area (Å²) in [4.78, 5) is 18.9. The summed E-state index contributed by atoms with van der Waals surface area (Å²) >= 11 is 0. The van der Waals surface area contributed by atoms with Crippen molar-refractivity contribution in [2.75, 3.05) is 36.3 Å². The number of carbonyl (C=O) groups excluding carboxylic acids is 1. The number of nitrogens with zero attached hydrogens (tertiary/aromatic N) is 2. The minimum absolute atomic E-state index is 0.0217. The van der Waals surface area contributed by atoms with Crippen LogP contribution in [0.1, 0.15) is 25.1 Å². The van der Waals surface area contributed by atoms with Crippen molar-refractivity contribution in [3.8, 4) is 11.5 Å². The molecule has 0 saturated heterocycles. The van der Waals surface area contributed by atoms with Crippen molar-refractivity contribution in [1.29, 1.82) is 0 Å². The number of aryl methyl sites for hydroxylation is 1. The highest BCUT2D eigenvalue weighted by molar-refractivity contribution is 6.04. The van der Waals surface area contributed by atoms with Crippen LogP contribution in [0.3, 0.4) is 0 Å². The number of carbonyl (C=O) groups is 1. The van der Waals surface area contributed by atoms with Gasteiger partial charge in [0.05, 0.1) is 24.2 Å². The number of likely N-dealkylation sites (N-methyl/N-ethyl adjacent to an activating group) is 1. The van der Waals surface area contributed by atoms with Gasteiger partial charge in [-0.2, -0.15) is 13.2 Å². The number of amides is 1. The summed E-state index contributed by atoms with van der Waals surface area (Å²) < 4.78 is 47.3. The number of benzene rings is 1. The molecule has 10 heteroatoms. The van der Waals surface area contributed by atoms with E-state index in [0.717, 1.165) is 11.3 Å². The lowest BCUT2D eigenvalue weighted by Crippen LogP contribution is -2.49. The molecule has 0 aliphatic carbocycles. The van der Waals surface area contributed by atoms with Crippen molar-refractivity contribution in [3.05, 3.63) is 35.5 Å². The SMILES string of the molecule is COc1cc(CNc2cc3c(c(C)n2)NC(=O)[C@H](C(C)C)N3C)ccc1OCC(F)(F)F. The van der Waals surface area contributed by atoms with Crippen molar-refractivity contribution >= 4 is 23.1 Å². The van der Waals surface area contributed by atoms with Gasteiger partial charge >= 0.3 is 6.18 Å². The molecule has 0 bridgehead atoms. The first-order chi connectivity index (χ1) is 15.0. The summed E-state index contributed by atoms with van der Waals surface area (Å²) in [6.45, 7) is 4.79. The predicted molar refractivity (Wildman–Crippen MR) is 117 cm³/mol. The van der Waals surface area contributed by atoms with Gasteiger partial charge in [0.1, 0.15) is 11.9 Å². The molecule has 2 N–H and O–H groups in total. The first kappa shape index (κ1) is 23.5. The summed E-state index contributed by atoms with van der Waals surface area (Å²) in [7, 11) is 3.26. The standard InChI is InChI=1S/C22H27F3N4O3/c1-12(2)20-21(30)28-19-13(3)27-18(9-15(19)29(20)4)26-10-14-6-7-16(17(8-14)31-5)32-11-22(23,24)25/h6-9,12,20H,10-11H2,1-5H3,(H,26,27)(H,28,30)/t20-/m0/s1. The lowest BCUT2D eigenvalue weighted by atomic mass is 9.98. The number of anilines is 3. The monoisotopic (exact) mass is 452 g/mol. The molecule has 0 radical (unpaired) electrons.